The van der Waals surface area contributed by atoms with Crippen LogP contribution in [0.25, 0.3) is 10.9 Å². The van der Waals surface area contributed by atoms with E-state index in [2.05, 4.69) is 29.5 Å². The van der Waals surface area contributed by atoms with E-state index in [-0.39, 0.29) is 18.2 Å². The van der Waals surface area contributed by atoms with Crippen molar-refractivity contribution in [1.82, 2.24) is 10.3 Å². The number of methoxy groups -OCH3 is 1. The lowest BCUT2D eigenvalue weighted by Crippen LogP contribution is -2.37. The number of hydrogen-bond acceptors (Lipinski definition) is 3. The topological polar surface area (TPSA) is 83.2 Å². The minimum atomic E-state index is -0.853. The third-order valence-corrected chi connectivity index (χ3v) is 5.89. The Morgan fingerprint density at radius 1 is 0.912 bits per heavy atom. The number of nitrogens with one attached hydrogen (secondary N) is 3. The van der Waals surface area contributed by atoms with Crippen molar-refractivity contribution in [3.8, 4) is 5.75 Å². The highest BCUT2D eigenvalue weighted by Crippen LogP contribution is 2.23. The number of carbonyl (C=O) groups is 2. The van der Waals surface area contributed by atoms with Crippen LogP contribution in [0.2, 0.25) is 0 Å². The SMILES string of the molecule is COc1ccc(C(NC(=O)Cc2c[nH]c3ccccc23)C(=O)Nc2ccc(C(C)C)cc2)cc1. The number of para-hydroxylation sites is 1. The Morgan fingerprint density at radius 3 is 2.26 bits per heavy atom. The summed E-state index contributed by atoms with van der Waals surface area (Å²) >= 11 is 0. The summed E-state index contributed by atoms with van der Waals surface area (Å²) in [5, 5.41) is 6.85. The number of hydrogen-bond donors (Lipinski definition) is 3. The monoisotopic (exact) mass is 455 g/mol. The fourth-order valence-corrected chi connectivity index (χ4v) is 3.93. The minimum absolute atomic E-state index is 0.160. The van der Waals surface area contributed by atoms with Crippen molar-refractivity contribution in [2.75, 3.05) is 12.4 Å². The lowest BCUT2D eigenvalue weighted by molar-refractivity contribution is -0.126. The molecule has 1 heterocycles. The Morgan fingerprint density at radius 2 is 1.59 bits per heavy atom. The number of fused-ring (bicyclic) bond motifs is 1. The number of rotatable bonds is 8. The molecule has 0 saturated heterocycles. The largest absolute Gasteiger partial charge is 0.497 e. The maximum atomic E-state index is 13.3. The summed E-state index contributed by atoms with van der Waals surface area (Å²) in [6, 6.07) is 21.9. The van der Waals surface area contributed by atoms with Crippen LogP contribution in [0.5, 0.6) is 5.75 Å². The number of H-pyrrole nitrogens is 1. The second-order valence-corrected chi connectivity index (χ2v) is 8.58. The van der Waals surface area contributed by atoms with Crippen molar-refractivity contribution in [2.24, 2.45) is 0 Å². The average Bonchev–Trinajstić information content (AvgIpc) is 3.25. The zero-order chi connectivity index (χ0) is 24.1. The van der Waals surface area contributed by atoms with Gasteiger partial charge in [0, 0.05) is 22.8 Å². The fourth-order valence-electron chi connectivity index (χ4n) is 3.93. The van der Waals surface area contributed by atoms with E-state index in [1.165, 1.54) is 5.56 Å². The Hall–Kier alpha value is -4.06. The molecule has 0 spiro atoms. The third-order valence-electron chi connectivity index (χ3n) is 5.89. The van der Waals surface area contributed by atoms with Crippen LogP contribution in [-0.4, -0.2) is 23.9 Å². The van der Waals surface area contributed by atoms with Gasteiger partial charge in [0.25, 0.3) is 5.91 Å². The van der Waals surface area contributed by atoms with Crippen LogP contribution in [0.3, 0.4) is 0 Å². The van der Waals surface area contributed by atoms with Gasteiger partial charge in [0.15, 0.2) is 0 Å². The van der Waals surface area contributed by atoms with Crippen molar-refractivity contribution in [2.45, 2.75) is 32.2 Å². The number of aromatic nitrogens is 1. The third kappa shape index (κ3) is 5.29. The summed E-state index contributed by atoms with van der Waals surface area (Å²) in [5.41, 5.74) is 4.39. The summed E-state index contributed by atoms with van der Waals surface area (Å²) < 4.78 is 5.24. The van der Waals surface area contributed by atoms with Gasteiger partial charge in [-0.1, -0.05) is 56.3 Å². The number of amides is 2. The van der Waals surface area contributed by atoms with Crippen LogP contribution in [0.15, 0.2) is 79.0 Å². The van der Waals surface area contributed by atoms with E-state index in [1.807, 2.05) is 54.7 Å². The Kier molecular flexibility index (Phi) is 6.97. The van der Waals surface area contributed by atoms with Crippen molar-refractivity contribution in [3.63, 3.8) is 0 Å². The van der Waals surface area contributed by atoms with Crippen molar-refractivity contribution in [3.05, 3.63) is 95.7 Å². The average molecular weight is 456 g/mol. The van der Waals surface area contributed by atoms with Crippen molar-refractivity contribution in [1.29, 1.82) is 0 Å². The van der Waals surface area contributed by atoms with Crippen molar-refractivity contribution >= 4 is 28.4 Å². The minimum Gasteiger partial charge on any atom is -0.497 e. The van der Waals surface area contributed by atoms with Gasteiger partial charge in [0.05, 0.1) is 13.5 Å². The maximum absolute atomic E-state index is 13.3. The maximum Gasteiger partial charge on any atom is 0.251 e. The van der Waals surface area contributed by atoms with Gasteiger partial charge >= 0.3 is 0 Å². The molecule has 6 nitrogen and oxygen atoms in total. The van der Waals surface area contributed by atoms with Crippen molar-refractivity contribution < 1.29 is 14.3 Å². The highest BCUT2D eigenvalue weighted by molar-refractivity contribution is 5.98. The molecule has 0 radical (unpaired) electrons. The van der Waals surface area contributed by atoms with Crippen LogP contribution < -0.4 is 15.4 Å². The standard InChI is InChI=1S/C28H29N3O3/c1-18(2)19-8-12-22(13-9-19)30-28(33)27(20-10-14-23(34-3)15-11-20)31-26(32)16-21-17-29-25-7-5-4-6-24(21)25/h4-15,17-18,27,29H,16H2,1-3H3,(H,30,33)(H,31,32). The molecule has 0 fully saturated rings. The highest BCUT2D eigenvalue weighted by Gasteiger charge is 2.24. The van der Waals surface area contributed by atoms with Gasteiger partial charge in [-0.15, -0.1) is 0 Å². The van der Waals surface area contributed by atoms with Crippen LogP contribution in [-0.2, 0) is 16.0 Å². The number of carbonyl (C=O) groups excluding carboxylic acids is 2. The molecule has 1 unspecified atom stereocenters. The van der Waals surface area contributed by atoms with Gasteiger partial charge in [-0.3, -0.25) is 9.59 Å². The van der Waals surface area contributed by atoms with Crippen LogP contribution in [0.4, 0.5) is 5.69 Å². The molecule has 0 aliphatic carbocycles. The molecule has 2 amide bonds. The summed E-state index contributed by atoms with van der Waals surface area (Å²) in [7, 11) is 1.59. The molecule has 6 heteroatoms. The summed E-state index contributed by atoms with van der Waals surface area (Å²) in [6.07, 6.45) is 2.00. The van der Waals surface area contributed by atoms with E-state index in [0.29, 0.717) is 22.9 Å². The van der Waals surface area contributed by atoms with Crippen LogP contribution in [0.1, 0.15) is 42.5 Å². The van der Waals surface area contributed by atoms with E-state index in [9.17, 15) is 9.59 Å². The zero-order valence-corrected chi connectivity index (χ0v) is 19.6. The molecule has 0 saturated carbocycles. The van der Waals surface area contributed by atoms with E-state index in [4.69, 9.17) is 4.74 Å². The molecular formula is C28H29N3O3. The summed E-state index contributed by atoms with van der Waals surface area (Å²) in [4.78, 5) is 29.5. The summed E-state index contributed by atoms with van der Waals surface area (Å²) in [6.45, 7) is 4.24. The number of benzene rings is 3. The van der Waals surface area contributed by atoms with E-state index in [0.717, 1.165) is 16.5 Å². The van der Waals surface area contributed by atoms with Gasteiger partial charge in [0.2, 0.25) is 5.91 Å². The molecule has 1 aromatic heterocycles. The molecule has 3 N–H and O–H groups in total. The van der Waals surface area contributed by atoms with Gasteiger partial charge < -0.3 is 20.4 Å². The van der Waals surface area contributed by atoms with Crippen LogP contribution >= 0.6 is 0 Å². The highest BCUT2D eigenvalue weighted by atomic mass is 16.5. The van der Waals surface area contributed by atoms with Gasteiger partial charge in [-0.25, -0.2) is 0 Å². The Bertz CT molecular complexity index is 1270. The fraction of sp³-hybridized carbons (Fsp3) is 0.214. The predicted molar refractivity (Wildman–Crippen MR) is 135 cm³/mol. The first kappa shape index (κ1) is 23.1. The molecular weight excluding hydrogens is 426 g/mol. The molecule has 34 heavy (non-hydrogen) atoms. The molecule has 174 valence electrons. The molecule has 4 rings (SSSR count). The second kappa shape index (κ2) is 10.3. The normalized spacial score (nSPS) is 11.9. The van der Waals surface area contributed by atoms with Crippen LogP contribution in [0, 0.1) is 0 Å². The first-order chi connectivity index (χ1) is 16.4. The molecule has 1 atom stereocenters. The van der Waals surface area contributed by atoms with E-state index in [1.54, 1.807) is 31.4 Å². The number of anilines is 1. The first-order valence-electron chi connectivity index (χ1n) is 11.3. The molecule has 0 aliphatic rings. The van der Waals surface area contributed by atoms with Gasteiger partial charge in [-0.2, -0.15) is 0 Å². The molecule has 4 aromatic rings. The first-order valence-corrected chi connectivity index (χ1v) is 11.3. The van der Waals surface area contributed by atoms with E-state index >= 15 is 0 Å². The molecule has 0 bridgehead atoms. The smallest absolute Gasteiger partial charge is 0.251 e. The zero-order valence-electron chi connectivity index (χ0n) is 19.6. The predicted octanol–water partition coefficient (Wildman–Crippen LogP) is 5.34. The lowest BCUT2D eigenvalue weighted by atomic mass is 10.0. The van der Waals surface area contributed by atoms with Gasteiger partial charge in [-0.05, 0) is 52.9 Å². The Balaban J connectivity index is 1.54. The number of ether oxygens (including phenoxy) is 1. The second-order valence-electron chi connectivity index (χ2n) is 8.58. The quantitative estimate of drug-likeness (QED) is 0.335. The van der Waals surface area contributed by atoms with Gasteiger partial charge in [0.1, 0.15) is 11.8 Å². The molecule has 0 aliphatic heterocycles. The number of aromatic amines is 1. The molecule has 3 aromatic carbocycles. The Labute approximate surface area is 199 Å². The van der Waals surface area contributed by atoms with E-state index < -0.39 is 6.04 Å². The lowest BCUT2D eigenvalue weighted by Gasteiger charge is -2.19. The summed E-state index contributed by atoms with van der Waals surface area (Å²) in [5.74, 6) is 0.531.